The average molecular weight is 355 g/mol. The summed E-state index contributed by atoms with van der Waals surface area (Å²) in [5.41, 5.74) is 8.95. The third-order valence-corrected chi connectivity index (χ3v) is 5.58. The summed E-state index contributed by atoms with van der Waals surface area (Å²) in [5, 5.41) is 11.0. The molecule has 1 heterocycles. The van der Waals surface area contributed by atoms with Crippen molar-refractivity contribution >= 4 is 23.2 Å². The Balaban J connectivity index is 1.64. The number of benzene rings is 1. The van der Waals surface area contributed by atoms with Crippen LogP contribution in [-0.2, 0) is 0 Å². The van der Waals surface area contributed by atoms with Crippen molar-refractivity contribution in [3.63, 3.8) is 0 Å². The molecule has 0 spiro atoms. The van der Waals surface area contributed by atoms with Crippen molar-refractivity contribution in [3.05, 3.63) is 45.5 Å². The second kappa shape index (κ2) is 7.54. The molecule has 1 aliphatic carbocycles. The fourth-order valence-electron chi connectivity index (χ4n) is 3.65. The molecular formula is C18H24Cl2N2O. The van der Waals surface area contributed by atoms with E-state index in [0.29, 0.717) is 10.0 Å². The highest BCUT2D eigenvalue weighted by Gasteiger charge is 2.27. The van der Waals surface area contributed by atoms with Gasteiger partial charge in [0.25, 0.3) is 0 Å². The van der Waals surface area contributed by atoms with Crippen LogP contribution in [0, 0.1) is 0 Å². The average Bonchev–Trinajstić information content (AvgIpc) is 2.51. The molecule has 3 nitrogen and oxygen atoms in total. The zero-order chi connectivity index (χ0) is 16.4. The van der Waals surface area contributed by atoms with E-state index in [1.165, 1.54) is 5.57 Å². The maximum Gasteiger partial charge on any atom is 0.0564 e. The minimum Gasteiger partial charge on any atom is -0.393 e. The first-order valence-corrected chi connectivity index (χ1v) is 9.07. The Bertz CT molecular complexity index is 582. The Hall–Kier alpha value is -0.580. The highest BCUT2D eigenvalue weighted by molar-refractivity contribution is 6.35. The Morgan fingerprint density at radius 1 is 1.22 bits per heavy atom. The van der Waals surface area contributed by atoms with Gasteiger partial charge in [0.15, 0.2) is 0 Å². The lowest BCUT2D eigenvalue weighted by Crippen LogP contribution is -2.39. The lowest BCUT2D eigenvalue weighted by atomic mass is 9.80. The van der Waals surface area contributed by atoms with E-state index < -0.39 is 0 Å². The molecule has 0 bridgehead atoms. The third kappa shape index (κ3) is 4.28. The maximum atomic E-state index is 9.60. The fraction of sp³-hybridized carbons (Fsp3) is 0.556. The molecule has 3 N–H and O–H groups in total. The number of likely N-dealkylation sites (tertiary alicyclic amines) is 1. The van der Waals surface area contributed by atoms with Gasteiger partial charge in [-0.1, -0.05) is 40.9 Å². The van der Waals surface area contributed by atoms with Crippen LogP contribution in [0.5, 0.6) is 0 Å². The van der Waals surface area contributed by atoms with Crippen molar-refractivity contribution in [2.24, 2.45) is 5.73 Å². The van der Waals surface area contributed by atoms with Crippen LogP contribution in [0.2, 0.25) is 10.0 Å². The smallest absolute Gasteiger partial charge is 0.0564 e. The molecule has 23 heavy (non-hydrogen) atoms. The number of halogens is 2. The van der Waals surface area contributed by atoms with Gasteiger partial charge in [0, 0.05) is 41.6 Å². The van der Waals surface area contributed by atoms with Gasteiger partial charge in [-0.25, -0.2) is 0 Å². The van der Waals surface area contributed by atoms with Gasteiger partial charge in [-0.3, -0.25) is 4.90 Å². The predicted octanol–water partition coefficient (Wildman–Crippen LogP) is 3.58. The number of hydrogen-bond acceptors (Lipinski definition) is 3. The first-order valence-electron chi connectivity index (χ1n) is 8.32. The van der Waals surface area contributed by atoms with Gasteiger partial charge < -0.3 is 10.8 Å². The second-order valence-corrected chi connectivity index (χ2v) is 7.59. The summed E-state index contributed by atoms with van der Waals surface area (Å²) in [6.45, 7) is 2.92. The molecule has 0 unspecified atom stereocenters. The summed E-state index contributed by atoms with van der Waals surface area (Å²) < 4.78 is 0. The molecule has 0 amide bonds. The van der Waals surface area contributed by atoms with E-state index in [-0.39, 0.29) is 18.1 Å². The Morgan fingerprint density at radius 3 is 2.61 bits per heavy atom. The largest absolute Gasteiger partial charge is 0.393 e. The van der Waals surface area contributed by atoms with Crippen LogP contribution in [0.25, 0.3) is 0 Å². The first-order chi connectivity index (χ1) is 11.0. The number of piperidine rings is 1. The molecule has 5 heteroatoms. The molecule has 1 aromatic carbocycles. The van der Waals surface area contributed by atoms with E-state index in [2.05, 4.69) is 11.0 Å². The van der Waals surface area contributed by atoms with E-state index in [0.717, 1.165) is 50.9 Å². The molecule has 0 saturated carbocycles. The van der Waals surface area contributed by atoms with Gasteiger partial charge in [0.2, 0.25) is 0 Å². The van der Waals surface area contributed by atoms with E-state index in [9.17, 15) is 5.11 Å². The van der Waals surface area contributed by atoms with Crippen LogP contribution in [0.4, 0.5) is 0 Å². The van der Waals surface area contributed by atoms with Crippen LogP contribution in [-0.4, -0.2) is 41.8 Å². The summed E-state index contributed by atoms with van der Waals surface area (Å²) in [6, 6.07) is 5.76. The maximum absolute atomic E-state index is 9.60. The number of rotatable bonds is 3. The zero-order valence-corrected chi connectivity index (χ0v) is 14.7. The van der Waals surface area contributed by atoms with Crippen molar-refractivity contribution in [1.29, 1.82) is 0 Å². The zero-order valence-electron chi connectivity index (χ0n) is 13.2. The predicted molar refractivity (Wildman–Crippen MR) is 96.2 cm³/mol. The van der Waals surface area contributed by atoms with E-state index in [1.54, 1.807) is 6.07 Å². The van der Waals surface area contributed by atoms with Crippen LogP contribution in [0.15, 0.2) is 29.8 Å². The van der Waals surface area contributed by atoms with Crippen molar-refractivity contribution in [1.82, 2.24) is 4.90 Å². The van der Waals surface area contributed by atoms with Crippen molar-refractivity contribution in [3.8, 4) is 0 Å². The van der Waals surface area contributed by atoms with Gasteiger partial charge >= 0.3 is 0 Å². The SMILES string of the molecule is N[C@H]1CC(CN2CCC(O)CC2)=CC[C@@H]1c1ccc(Cl)cc1Cl. The topological polar surface area (TPSA) is 49.5 Å². The van der Waals surface area contributed by atoms with Gasteiger partial charge in [-0.2, -0.15) is 0 Å². The normalized spacial score (nSPS) is 27.0. The number of aliphatic hydroxyl groups is 1. The van der Waals surface area contributed by atoms with Crippen LogP contribution in [0.3, 0.4) is 0 Å². The van der Waals surface area contributed by atoms with Gasteiger partial charge in [0.1, 0.15) is 0 Å². The Kier molecular flexibility index (Phi) is 5.65. The lowest BCUT2D eigenvalue weighted by molar-refractivity contribution is 0.0862. The highest BCUT2D eigenvalue weighted by Crippen LogP contribution is 2.36. The van der Waals surface area contributed by atoms with Crippen LogP contribution < -0.4 is 5.73 Å². The summed E-state index contributed by atoms with van der Waals surface area (Å²) in [4.78, 5) is 2.42. The molecule has 1 aromatic rings. The number of nitrogens with two attached hydrogens (primary N) is 1. The summed E-state index contributed by atoms with van der Waals surface area (Å²) >= 11 is 12.3. The number of hydrogen-bond donors (Lipinski definition) is 2. The van der Waals surface area contributed by atoms with E-state index in [1.807, 2.05) is 12.1 Å². The second-order valence-electron chi connectivity index (χ2n) is 6.75. The Labute approximate surface area is 148 Å². The van der Waals surface area contributed by atoms with Gasteiger partial charge in [-0.15, -0.1) is 0 Å². The number of nitrogens with zero attached hydrogens (tertiary/aromatic N) is 1. The molecule has 1 aliphatic heterocycles. The van der Waals surface area contributed by atoms with Crippen LogP contribution >= 0.6 is 23.2 Å². The molecule has 2 atom stereocenters. The van der Waals surface area contributed by atoms with Crippen molar-refractivity contribution in [2.45, 2.75) is 43.7 Å². The quantitative estimate of drug-likeness (QED) is 0.815. The lowest BCUT2D eigenvalue weighted by Gasteiger charge is -2.34. The number of aliphatic hydroxyl groups excluding tert-OH is 1. The van der Waals surface area contributed by atoms with Gasteiger partial charge in [0.05, 0.1) is 6.10 Å². The van der Waals surface area contributed by atoms with E-state index in [4.69, 9.17) is 28.9 Å². The molecule has 1 fully saturated rings. The fourth-order valence-corrected chi connectivity index (χ4v) is 4.20. The number of allylic oxidation sites excluding steroid dienone is 1. The molecule has 126 valence electrons. The van der Waals surface area contributed by atoms with Crippen LogP contribution in [0.1, 0.15) is 37.2 Å². The minimum absolute atomic E-state index is 0.0871. The third-order valence-electron chi connectivity index (χ3n) is 5.02. The minimum atomic E-state index is -0.120. The van der Waals surface area contributed by atoms with Gasteiger partial charge in [-0.05, 0) is 43.4 Å². The molecule has 0 radical (unpaired) electrons. The van der Waals surface area contributed by atoms with Crippen molar-refractivity contribution < 1.29 is 5.11 Å². The summed E-state index contributed by atoms with van der Waals surface area (Å²) in [7, 11) is 0. The molecule has 0 aromatic heterocycles. The molecule has 3 rings (SSSR count). The van der Waals surface area contributed by atoms with Crippen molar-refractivity contribution in [2.75, 3.05) is 19.6 Å². The summed E-state index contributed by atoms with van der Waals surface area (Å²) in [5.74, 6) is 0.256. The standard InChI is InChI=1S/C18H24Cl2N2O/c19-13-2-4-15(17(20)10-13)16-3-1-12(9-18(16)21)11-22-7-5-14(23)6-8-22/h1-2,4,10,14,16,18,23H,3,5-9,11,21H2/t16-,18+/m1/s1. The summed E-state index contributed by atoms with van der Waals surface area (Å²) in [6.07, 6.45) is 5.79. The molecule has 1 saturated heterocycles. The Morgan fingerprint density at radius 2 is 1.96 bits per heavy atom. The first kappa shape index (κ1) is 17.2. The monoisotopic (exact) mass is 354 g/mol. The highest BCUT2D eigenvalue weighted by atomic mass is 35.5. The molecule has 2 aliphatic rings. The molecular weight excluding hydrogens is 331 g/mol. The van der Waals surface area contributed by atoms with E-state index >= 15 is 0 Å².